The van der Waals surface area contributed by atoms with Gasteiger partial charge in [0.05, 0.1) is 12.5 Å². The number of hydrogen-bond donors (Lipinski definition) is 5. The van der Waals surface area contributed by atoms with Gasteiger partial charge in [-0.1, -0.05) is 12.1 Å². The van der Waals surface area contributed by atoms with Crippen LogP contribution in [0, 0.1) is 0 Å². The van der Waals surface area contributed by atoms with Crippen LogP contribution in [0.3, 0.4) is 0 Å². The van der Waals surface area contributed by atoms with Gasteiger partial charge in [0.25, 0.3) is 0 Å². The summed E-state index contributed by atoms with van der Waals surface area (Å²) in [5, 5.41) is 50.3. The molecule has 15 nitrogen and oxygen atoms in total. The second-order valence-electron chi connectivity index (χ2n) is 11.5. The fourth-order valence-corrected chi connectivity index (χ4v) is 6.05. The Morgan fingerprint density at radius 3 is 2.43 bits per heavy atom. The number of ether oxygens (including phenoxy) is 6. The fraction of sp³-hybridized carbons (Fsp3) is 0.375. The molecule has 0 amide bonds. The Bertz CT molecular complexity index is 1670. The van der Waals surface area contributed by atoms with Crippen molar-refractivity contribution in [2.24, 2.45) is 0 Å². The molecule has 0 unspecified atom stereocenters. The molecule has 3 aromatic rings. The quantitative estimate of drug-likeness (QED) is 0.0957. The highest BCUT2D eigenvalue weighted by Crippen LogP contribution is 2.55. The van der Waals surface area contributed by atoms with Crippen LogP contribution in [0.2, 0.25) is 0 Å². The number of phenols is 1. The molecule has 0 bridgehead atoms. The van der Waals surface area contributed by atoms with Gasteiger partial charge < -0.3 is 58.8 Å². The summed E-state index contributed by atoms with van der Waals surface area (Å²) in [6.45, 7) is -0.168. The van der Waals surface area contributed by atoms with Crippen LogP contribution in [0.4, 0.5) is 0 Å². The van der Waals surface area contributed by atoms with E-state index in [-0.39, 0.29) is 24.2 Å². The van der Waals surface area contributed by atoms with Crippen molar-refractivity contribution in [1.82, 2.24) is 0 Å². The van der Waals surface area contributed by atoms with E-state index in [2.05, 4.69) is 0 Å². The van der Waals surface area contributed by atoms with Crippen LogP contribution in [0.1, 0.15) is 40.7 Å². The van der Waals surface area contributed by atoms with Gasteiger partial charge in [-0.3, -0.25) is 9.59 Å². The number of aliphatic carboxylic acids is 1. The maximum atomic E-state index is 11.6. The highest BCUT2D eigenvalue weighted by atomic mass is 17.2. The molecule has 4 heterocycles. The molecule has 1 saturated heterocycles. The normalized spacial score (nSPS) is 26.7. The topological polar surface area (TPSA) is 209 Å². The molecule has 0 spiro atoms. The Morgan fingerprint density at radius 1 is 0.894 bits per heavy atom. The van der Waals surface area contributed by atoms with Gasteiger partial charge >= 0.3 is 11.9 Å². The minimum Gasteiger partial charge on any atom is -0.508 e. The lowest BCUT2D eigenvalue weighted by molar-refractivity contribution is -0.365. The van der Waals surface area contributed by atoms with Crippen LogP contribution in [0.5, 0.6) is 34.5 Å². The number of rotatable bonds is 9. The zero-order valence-electron chi connectivity index (χ0n) is 24.5. The molecule has 0 radical (unpaired) electrons. The van der Waals surface area contributed by atoms with Crippen LogP contribution in [0.15, 0.2) is 48.5 Å². The van der Waals surface area contributed by atoms with Crippen molar-refractivity contribution in [2.45, 2.75) is 55.6 Å². The standard InChI is InChI=1S/C32H30O15/c33-16-3-1-14(2-4-16)5-15-6-17(46-47-31-28(38)27(37)24(45-32(31)39)12-40-26(36)10-25(34)35)7-19-29(15)41-11-20-18-8-22-23(43-13-42-22)9-21(18)44-30(19)20/h1-4,6-9,20,24,27-28,30-33,37-39H,5,10-13H2,(H,34,35)/t20-,24-,27-,28+,30-,31-,32-/m1/s1. The van der Waals surface area contributed by atoms with Crippen molar-refractivity contribution < 1.29 is 73.3 Å². The molecule has 1 fully saturated rings. The molecule has 0 aromatic heterocycles. The van der Waals surface area contributed by atoms with Crippen LogP contribution < -0.4 is 23.8 Å². The number of carboxylic acid groups (broad SMARTS) is 1. The molecule has 7 atom stereocenters. The van der Waals surface area contributed by atoms with E-state index in [9.17, 15) is 30.0 Å². The largest absolute Gasteiger partial charge is 0.508 e. The second kappa shape index (κ2) is 12.4. The van der Waals surface area contributed by atoms with Crippen LogP contribution in [0.25, 0.3) is 0 Å². The number of carboxylic acids is 1. The van der Waals surface area contributed by atoms with Gasteiger partial charge in [-0.15, -0.1) is 0 Å². The van der Waals surface area contributed by atoms with Crippen molar-refractivity contribution in [2.75, 3.05) is 20.0 Å². The molecule has 7 rings (SSSR count). The predicted octanol–water partition coefficient (Wildman–Crippen LogP) is 1.46. The number of aromatic hydroxyl groups is 1. The van der Waals surface area contributed by atoms with E-state index >= 15 is 0 Å². The first-order chi connectivity index (χ1) is 22.6. The maximum Gasteiger partial charge on any atom is 0.317 e. The number of carbonyl (C=O) groups is 2. The number of phenolic OH excluding ortho intramolecular Hbond substituents is 1. The summed E-state index contributed by atoms with van der Waals surface area (Å²) >= 11 is 0. The lowest BCUT2D eigenvalue weighted by atomic mass is 9.87. The van der Waals surface area contributed by atoms with Gasteiger partial charge in [0.15, 0.2) is 29.6 Å². The SMILES string of the molecule is O=C(O)CC(=O)OC[C@H]1O[C@@H](O)[C@H](OOc2cc(Cc3ccc(O)cc3)c3c(c2)[C@H]2Oc4cc5c(cc4[C@H]2CO3)OCO5)[C@@H](O)[C@@H]1O. The maximum absolute atomic E-state index is 11.6. The summed E-state index contributed by atoms with van der Waals surface area (Å²) in [7, 11) is 0. The molecular weight excluding hydrogens is 624 g/mol. The van der Waals surface area contributed by atoms with Gasteiger partial charge in [0, 0.05) is 29.2 Å². The summed E-state index contributed by atoms with van der Waals surface area (Å²) in [6, 6.07) is 13.7. The molecule has 4 aliphatic heterocycles. The molecule has 3 aromatic carbocycles. The highest BCUT2D eigenvalue weighted by Gasteiger charge is 2.47. The van der Waals surface area contributed by atoms with Crippen LogP contribution in [-0.2, 0) is 30.4 Å². The van der Waals surface area contributed by atoms with E-state index in [0.29, 0.717) is 47.2 Å². The van der Waals surface area contributed by atoms with Gasteiger partial charge in [0.1, 0.15) is 54.7 Å². The minimum atomic E-state index is -1.82. The van der Waals surface area contributed by atoms with E-state index in [0.717, 1.165) is 11.1 Å². The Labute approximate surface area is 266 Å². The minimum absolute atomic E-state index is 0.118. The number of aliphatic hydroxyl groups is 3. The van der Waals surface area contributed by atoms with E-state index in [1.807, 2.05) is 6.07 Å². The van der Waals surface area contributed by atoms with E-state index in [4.69, 9.17) is 43.3 Å². The first-order valence-electron chi connectivity index (χ1n) is 14.7. The number of esters is 1. The molecule has 248 valence electrons. The Kier molecular flexibility index (Phi) is 8.15. The van der Waals surface area contributed by atoms with Crippen molar-refractivity contribution >= 4 is 11.9 Å². The number of aliphatic hydroxyl groups excluding tert-OH is 3. The molecule has 4 aliphatic rings. The molecule has 0 saturated carbocycles. The van der Waals surface area contributed by atoms with E-state index in [1.165, 1.54) is 0 Å². The Balaban J connectivity index is 1.12. The second-order valence-corrected chi connectivity index (χ2v) is 11.5. The van der Waals surface area contributed by atoms with Crippen molar-refractivity contribution in [3.63, 3.8) is 0 Å². The number of hydrogen-bond acceptors (Lipinski definition) is 14. The zero-order valence-corrected chi connectivity index (χ0v) is 24.5. The lowest BCUT2D eigenvalue weighted by Gasteiger charge is -2.39. The number of fused-ring (bicyclic) bond motifs is 6. The highest BCUT2D eigenvalue weighted by molar-refractivity contribution is 5.90. The van der Waals surface area contributed by atoms with E-state index < -0.39 is 61.8 Å². The van der Waals surface area contributed by atoms with Crippen molar-refractivity contribution in [3.05, 3.63) is 70.8 Å². The van der Waals surface area contributed by atoms with Crippen LogP contribution >= 0.6 is 0 Å². The summed E-state index contributed by atoms with van der Waals surface area (Å²) in [6.07, 6.45) is -9.22. The van der Waals surface area contributed by atoms with Crippen molar-refractivity contribution in [1.29, 1.82) is 0 Å². The number of benzene rings is 3. The smallest absolute Gasteiger partial charge is 0.317 e. The lowest BCUT2D eigenvalue weighted by Crippen LogP contribution is -2.59. The van der Waals surface area contributed by atoms with Gasteiger partial charge in [-0.25, -0.2) is 0 Å². The molecule has 5 N–H and O–H groups in total. The van der Waals surface area contributed by atoms with Gasteiger partial charge in [0.2, 0.25) is 6.79 Å². The third-order valence-electron chi connectivity index (χ3n) is 8.36. The third-order valence-corrected chi connectivity index (χ3v) is 8.36. The average molecular weight is 655 g/mol. The van der Waals surface area contributed by atoms with Crippen molar-refractivity contribution in [3.8, 4) is 34.5 Å². The first-order valence-corrected chi connectivity index (χ1v) is 14.7. The molecular formula is C32H30O15. The average Bonchev–Trinajstić information content (AvgIpc) is 3.65. The van der Waals surface area contributed by atoms with Crippen LogP contribution in [-0.4, -0.2) is 88.2 Å². The fourth-order valence-electron chi connectivity index (χ4n) is 6.05. The summed E-state index contributed by atoms with van der Waals surface area (Å²) in [5.41, 5.74) is 3.11. The van der Waals surface area contributed by atoms with Gasteiger partial charge in [-0.05, 0) is 35.9 Å². The monoisotopic (exact) mass is 654 g/mol. The summed E-state index contributed by atoms with van der Waals surface area (Å²) < 4.78 is 33.9. The summed E-state index contributed by atoms with van der Waals surface area (Å²) in [4.78, 5) is 33.3. The number of carbonyl (C=O) groups excluding carboxylic acids is 1. The van der Waals surface area contributed by atoms with E-state index in [1.54, 1.807) is 42.5 Å². The third kappa shape index (κ3) is 6.06. The zero-order chi connectivity index (χ0) is 32.8. The molecule has 0 aliphatic carbocycles. The first kappa shape index (κ1) is 30.8. The molecule has 47 heavy (non-hydrogen) atoms. The predicted molar refractivity (Wildman–Crippen MR) is 153 cm³/mol. The summed E-state index contributed by atoms with van der Waals surface area (Å²) in [5.74, 6) is 0.0163. The Morgan fingerprint density at radius 2 is 1.66 bits per heavy atom. The molecule has 15 heteroatoms. The Hall–Kier alpha value is -4.80. The van der Waals surface area contributed by atoms with Gasteiger partial charge in [-0.2, -0.15) is 4.89 Å².